The van der Waals surface area contributed by atoms with Crippen molar-refractivity contribution in [3.8, 4) is 5.75 Å². The average molecular weight is 363 g/mol. The van der Waals surface area contributed by atoms with Crippen LogP contribution in [-0.2, 0) is 6.54 Å². The zero-order valence-corrected chi connectivity index (χ0v) is 14.2. The van der Waals surface area contributed by atoms with E-state index in [1.54, 1.807) is 7.11 Å². The van der Waals surface area contributed by atoms with Gasteiger partial charge in [-0.05, 0) is 42.3 Å². The molecule has 22 heavy (non-hydrogen) atoms. The summed E-state index contributed by atoms with van der Waals surface area (Å²) < 4.78 is 6.18. The number of carbonyl (C=O) groups is 1. The molecule has 4 nitrogen and oxygen atoms in total. The van der Waals surface area contributed by atoms with E-state index < -0.39 is 0 Å². The Morgan fingerprint density at radius 2 is 1.95 bits per heavy atom. The molecule has 2 N–H and O–H groups in total. The Morgan fingerprint density at radius 1 is 1.23 bits per heavy atom. The van der Waals surface area contributed by atoms with Crippen LogP contribution in [0.5, 0.6) is 5.75 Å². The first-order chi connectivity index (χ1) is 10.6. The van der Waals surface area contributed by atoms with Crippen molar-refractivity contribution in [3.05, 3.63) is 64.1 Å². The number of nitrogens with one attached hydrogen (secondary N) is 2. The number of urea groups is 1. The summed E-state index contributed by atoms with van der Waals surface area (Å²) in [6.45, 7) is 2.41. The highest BCUT2D eigenvalue weighted by Crippen LogP contribution is 2.16. The zero-order chi connectivity index (χ0) is 15.9. The van der Waals surface area contributed by atoms with Crippen molar-refractivity contribution < 1.29 is 9.53 Å². The first-order valence-corrected chi connectivity index (χ1v) is 7.80. The van der Waals surface area contributed by atoms with Gasteiger partial charge in [0, 0.05) is 11.0 Å². The van der Waals surface area contributed by atoms with Crippen molar-refractivity contribution in [1.29, 1.82) is 0 Å². The van der Waals surface area contributed by atoms with Gasteiger partial charge in [0.15, 0.2) is 0 Å². The first-order valence-electron chi connectivity index (χ1n) is 7.01. The molecule has 0 fully saturated rings. The third kappa shape index (κ3) is 4.77. The molecule has 0 aromatic heterocycles. The predicted octanol–water partition coefficient (Wildman–Crippen LogP) is 4.02. The maximum Gasteiger partial charge on any atom is 0.315 e. The van der Waals surface area contributed by atoms with Crippen molar-refractivity contribution >= 4 is 22.0 Å². The number of methoxy groups -OCH3 is 1. The van der Waals surface area contributed by atoms with Crippen LogP contribution in [0.1, 0.15) is 24.1 Å². The molecule has 2 rings (SSSR count). The molecule has 0 aliphatic carbocycles. The van der Waals surface area contributed by atoms with Crippen LogP contribution >= 0.6 is 15.9 Å². The molecule has 1 atom stereocenters. The van der Waals surface area contributed by atoms with E-state index >= 15 is 0 Å². The summed E-state index contributed by atoms with van der Waals surface area (Å²) in [7, 11) is 1.62. The van der Waals surface area contributed by atoms with Crippen LogP contribution in [-0.4, -0.2) is 13.1 Å². The number of carbonyl (C=O) groups excluding carboxylic acids is 1. The molecule has 0 saturated carbocycles. The van der Waals surface area contributed by atoms with E-state index in [-0.39, 0.29) is 12.1 Å². The lowest BCUT2D eigenvalue weighted by Crippen LogP contribution is -2.36. The fourth-order valence-electron chi connectivity index (χ4n) is 2.05. The second-order valence-corrected chi connectivity index (χ2v) is 5.87. The van der Waals surface area contributed by atoms with Crippen LogP contribution in [0, 0.1) is 0 Å². The fraction of sp³-hybridized carbons (Fsp3) is 0.235. The number of halogens is 1. The van der Waals surface area contributed by atoms with Crippen LogP contribution in [0.3, 0.4) is 0 Å². The molecule has 5 heteroatoms. The number of ether oxygens (including phenoxy) is 1. The highest BCUT2D eigenvalue weighted by Gasteiger charge is 2.09. The van der Waals surface area contributed by atoms with Crippen molar-refractivity contribution in [3.63, 3.8) is 0 Å². The summed E-state index contributed by atoms with van der Waals surface area (Å²) in [6.07, 6.45) is 0. The summed E-state index contributed by atoms with van der Waals surface area (Å²) in [6, 6.07) is 15.3. The van der Waals surface area contributed by atoms with E-state index in [0.29, 0.717) is 6.54 Å². The van der Waals surface area contributed by atoms with Crippen molar-refractivity contribution in [1.82, 2.24) is 10.6 Å². The SMILES string of the molecule is COc1cccc(CNC(=O)NC(C)c2ccc(Br)cc2)c1. The van der Waals surface area contributed by atoms with Crippen molar-refractivity contribution in [2.75, 3.05) is 7.11 Å². The predicted molar refractivity (Wildman–Crippen MR) is 90.9 cm³/mol. The van der Waals surface area contributed by atoms with Gasteiger partial charge >= 0.3 is 6.03 Å². The zero-order valence-electron chi connectivity index (χ0n) is 12.6. The summed E-state index contributed by atoms with van der Waals surface area (Å²) in [5.74, 6) is 0.780. The monoisotopic (exact) mass is 362 g/mol. The molecule has 116 valence electrons. The van der Waals surface area contributed by atoms with E-state index in [0.717, 1.165) is 21.3 Å². The molecule has 2 aromatic carbocycles. The molecule has 2 aromatic rings. The maximum absolute atomic E-state index is 12.0. The summed E-state index contributed by atoms with van der Waals surface area (Å²) >= 11 is 3.40. The van der Waals surface area contributed by atoms with E-state index in [2.05, 4.69) is 26.6 Å². The van der Waals surface area contributed by atoms with Gasteiger partial charge in [0.25, 0.3) is 0 Å². The van der Waals surface area contributed by atoms with Gasteiger partial charge in [0.1, 0.15) is 5.75 Å². The topological polar surface area (TPSA) is 50.4 Å². The smallest absolute Gasteiger partial charge is 0.315 e. The van der Waals surface area contributed by atoms with Crippen LogP contribution in [0.4, 0.5) is 4.79 Å². The van der Waals surface area contributed by atoms with Crippen LogP contribution < -0.4 is 15.4 Å². The molecular formula is C17H19BrN2O2. The van der Waals surface area contributed by atoms with Crippen LogP contribution in [0.2, 0.25) is 0 Å². The second kappa shape index (κ2) is 7.84. The molecule has 0 heterocycles. The largest absolute Gasteiger partial charge is 0.497 e. The third-order valence-electron chi connectivity index (χ3n) is 3.30. The highest BCUT2D eigenvalue weighted by atomic mass is 79.9. The maximum atomic E-state index is 12.0. The Morgan fingerprint density at radius 3 is 2.64 bits per heavy atom. The quantitative estimate of drug-likeness (QED) is 0.843. The Bertz CT molecular complexity index is 629. The number of amides is 2. The molecule has 0 aliphatic heterocycles. The molecule has 0 spiro atoms. The number of benzene rings is 2. The first kappa shape index (κ1) is 16.4. The van der Waals surface area contributed by atoms with Gasteiger partial charge in [-0.15, -0.1) is 0 Å². The van der Waals surface area contributed by atoms with E-state index in [9.17, 15) is 4.79 Å². The van der Waals surface area contributed by atoms with Crippen molar-refractivity contribution in [2.45, 2.75) is 19.5 Å². The molecule has 1 unspecified atom stereocenters. The normalized spacial score (nSPS) is 11.6. The Balaban J connectivity index is 1.85. The molecule has 0 bridgehead atoms. The summed E-state index contributed by atoms with van der Waals surface area (Å²) in [5.41, 5.74) is 2.05. The Labute approximate surface area is 139 Å². The van der Waals surface area contributed by atoms with Gasteiger partial charge in [-0.3, -0.25) is 0 Å². The van der Waals surface area contributed by atoms with Gasteiger partial charge < -0.3 is 15.4 Å². The van der Waals surface area contributed by atoms with Crippen molar-refractivity contribution in [2.24, 2.45) is 0 Å². The molecular weight excluding hydrogens is 344 g/mol. The minimum atomic E-state index is -0.196. The van der Waals surface area contributed by atoms with Gasteiger partial charge in [-0.2, -0.15) is 0 Å². The second-order valence-electron chi connectivity index (χ2n) is 4.95. The Kier molecular flexibility index (Phi) is 5.83. The van der Waals surface area contributed by atoms with Gasteiger partial charge in [0.2, 0.25) is 0 Å². The van der Waals surface area contributed by atoms with E-state index in [4.69, 9.17) is 4.74 Å². The number of hydrogen-bond donors (Lipinski definition) is 2. The van der Waals surface area contributed by atoms with Gasteiger partial charge in [-0.25, -0.2) is 4.79 Å². The summed E-state index contributed by atoms with van der Waals surface area (Å²) in [5, 5.41) is 5.77. The van der Waals surface area contributed by atoms with E-state index in [1.165, 1.54) is 0 Å². The average Bonchev–Trinajstić information content (AvgIpc) is 2.53. The molecule has 0 saturated heterocycles. The van der Waals surface area contributed by atoms with E-state index in [1.807, 2.05) is 55.5 Å². The van der Waals surface area contributed by atoms with Gasteiger partial charge in [0.05, 0.1) is 13.2 Å². The number of rotatable bonds is 5. The minimum absolute atomic E-state index is 0.0570. The number of hydrogen-bond acceptors (Lipinski definition) is 2. The Hall–Kier alpha value is -2.01. The standard InChI is InChI=1S/C17H19BrN2O2/c1-12(14-6-8-15(18)9-7-14)20-17(21)19-11-13-4-3-5-16(10-13)22-2/h3-10,12H,11H2,1-2H3,(H2,19,20,21). The third-order valence-corrected chi connectivity index (χ3v) is 3.83. The fourth-order valence-corrected chi connectivity index (χ4v) is 2.31. The van der Waals surface area contributed by atoms with Crippen LogP contribution in [0.25, 0.3) is 0 Å². The lowest BCUT2D eigenvalue weighted by molar-refractivity contribution is 0.237. The van der Waals surface area contributed by atoms with Gasteiger partial charge in [-0.1, -0.05) is 40.2 Å². The molecule has 0 aliphatic rings. The molecule has 0 radical (unpaired) electrons. The minimum Gasteiger partial charge on any atom is -0.497 e. The summed E-state index contributed by atoms with van der Waals surface area (Å²) in [4.78, 5) is 12.0. The van der Waals surface area contributed by atoms with Crippen LogP contribution in [0.15, 0.2) is 53.0 Å². The lowest BCUT2D eigenvalue weighted by Gasteiger charge is -2.15. The molecule has 2 amide bonds. The highest BCUT2D eigenvalue weighted by molar-refractivity contribution is 9.10. The lowest BCUT2D eigenvalue weighted by atomic mass is 10.1.